The van der Waals surface area contributed by atoms with Gasteiger partial charge in [-0.2, -0.15) is 0 Å². The van der Waals surface area contributed by atoms with Crippen LogP contribution in [0, 0.1) is 17.4 Å². The molecule has 1 N–H and O–H groups in total. The lowest BCUT2D eigenvalue weighted by Crippen LogP contribution is -2.21. The van der Waals surface area contributed by atoms with Crippen LogP contribution in [0.15, 0.2) is 24.3 Å². The molecular formula is C17H16INO5S. The summed E-state index contributed by atoms with van der Waals surface area (Å²) in [5.41, 5.74) is 1.44. The molecule has 0 bridgehead atoms. The van der Waals surface area contributed by atoms with Gasteiger partial charge in [-0.15, -0.1) is 11.3 Å². The Morgan fingerprint density at radius 1 is 1.12 bits per heavy atom. The Balaban J connectivity index is 2.01. The summed E-state index contributed by atoms with van der Waals surface area (Å²) in [6.07, 6.45) is 0. The fraction of sp³-hybridized carbons (Fsp3) is 0.235. The average Bonchev–Trinajstić information content (AvgIpc) is 2.86. The lowest BCUT2D eigenvalue weighted by atomic mass is 10.1. The molecule has 0 aliphatic rings. The van der Waals surface area contributed by atoms with Crippen molar-refractivity contribution < 1.29 is 23.9 Å². The highest BCUT2D eigenvalue weighted by atomic mass is 127. The summed E-state index contributed by atoms with van der Waals surface area (Å²) in [6, 6.07) is 6.81. The maximum atomic E-state index is 12.1. The molecule has 0 atom stereocenters. The fourth-order valence-electron chi connectivity index (χ4n) is 2.03. The van der Waals surface area contributed by atoms with Crippen molar-refractivity contribution in [2.45, 2.75) is 13.8 Å². The third-order valence-corrected chi connectivity index (χ3v) is 5.28. The zero-order chi connectivity index (χ0) is 18.6. The number of halogens is 1. The van der Waals surface area contributed by atoms with E-state index in [1.165, 1.54) is 18.4 Å². The molecule has 132 valence electrons. The van der Waals surface area contributed by atoms with E-state index >= 15 is 0 Å². The molecule has 8 heteroatoms. The molecular weight excluding hydrogens is 457 g/mol. The predicted octanol–water partition coefficient (Wildman–Crippen LogP) is 3.55. The molecule has 0 saturated heterocycles. The summed E-state index contributed by atoms with van der Waals surface area (Å²) < 4.78 is 10.7. The van der Waals surface area contributed by atoms with Crippen molar-refractivity contribution in [3.05, 3.63) is 49.4 Å². The summed E-state index contributed by atoms with van der Waals surface area (Å²) in [6.45, 7) is 3.19. The third-order valence-electron chi connectivity index (χ3n) is 3.44. The Bertz CT molecular complexity index is 813. The Morgan fingerprint density at radius 2 is 1.76 bits per heavy atom. The molecule has 1 aromatic carbocycles. The molecule has 0 aliphatic carbocycles. The highest BCUT2D eigenvalue weighted by Crippen LogP contribution is 2.32. The van der Waals surface area contributed by atoms with Gasteiger partial charge in [-0.25, -0.2) is 9.59 Å². The number of hydrogen-bond donors (Lipinski definition) is 1. The first kappa shape index (κ1) is 19.4. The van der Waals surface area contributed by atoms with Crippen LogP contribution in [0.3, 0.4) is 0 Å². The maximum Gasteiger partial charge on any atom is 0.341 e. The summed E-state index contributed by atoms with van der Waals surface area (Å²) in [7, 11) is 1.28. The molecule has 2 aromatic rings. The van der Waals surface area contributed by atoms with E-state index in [1.54, 1.807) is 31.2 Å². The van der Waals surface area contributed by atoms with Gasteiger partial charge in [-0.3, -0.25) is 4.79 Å². The van der Waals surface area contributed by atoms with E-state index in [1.807, 2.05) is 6.92 Å². The van der Waals surface area contributed by atoms with Crippen LogP contribution in [0.2, 0.25) is 0 Å². The minimum Gasteiger partial charge on any atom is -0.465 e. The lowest BCUT2D eigenvalue weighted by molar-refractivity contribution is -0.119. The van der Waals surface area contributed by atoms with Gasteiger partial charge in [0.05, 0.1) is 18.2 Å². The number of ether oxygens (including phenoxy) is 2. The molecule has 0 spiro atoms. The Labute approximate surface area is 162 Å². The van der Waals surface area contributed by atoms with Crippen molar-refractivity contribution in [2.75, 3.05) is 19.0 Å². The molecule has 0 unspecified atom stereocenters. The number of hydrogen-bond acceptors (Lipinski definition) is 6. The largest absolute Gasteiger partial charge is 0.465 e. The third kappa shape index (κ3) is 4.79. The number of thiophene rings is 1. The number of amides is 1. The van der Waals surface area contributed by atoms with Gasteiger partial charge < -0.3 is 14.8 Å². The van der Waals surface area contributed by atoms with Crippen molar-refractivity contribution in [2.24, 2.45) is 0 Å². The second kappa shape index (κ2) is 8.43. The van der Waals surface area contributed by atoms with Crippen molar-refractivity contribution in [1.82, 2.24) is 0 Å². The quantitative estimate of drug-likeness (QED) is 0.531. The Morgan fingerprint density at radius 3 is 2.36 bits per heavy atom. The molecule has 1 amide bonds. The minimum absolute atomic E-state index is 0.322. The zero-order valence-electron chi connectivity index (χ0n) is 13.8. The van der Waals surface area contributed by atoms with Gasteiger partial charge in [0.1, 0.15) is 5.00 Å². The number of benzene rings is 1. The number of carbonyl (C=O) groups is 3. The van der Waals surface area contributed by atoms with Crippen LogP contribution in [-0.4, -0.2) is 31.6 Å². The van der Waals surface area contributed by atoms with Crippen molar-refractivity contribution >= 4 is 56.8 Å². The first-order chi connectivity index (χ1) is 11.8. The Hall–Kier alpha value is -1.94. The number of carbonyl (C=O) groups excluding carboxylic acids is 3. The second-order valence-corrected chi connectivity index (χ2v) is 7.58. The molecule has 6 nitrogen and oxygen atoms in total. The van der Waals surface area contributed by atoms with E-state index < -0.39 is 24.5 Å². The normalized spacial score (nSPS) is 10.2. The van der Waals surface area contributed by atoms with E-state index in [4.69, 9.17) is 9.47 Å². The molecule has 2 rings (SSSR count). The van der Waals surface area contributed by atoms with Crippen LogP contribution < -0.4 is 5.32 Å². The smallest absolute Gasteiger partial charge is 0.341 e. The van der Waals surface area contributed by atoms with Crippen LogP contribution in [0.25, 0.3) is 0 Å². The summed E-state index contributed by atoms with van der Waals surface area (Å²) in [5, 5.41) is 2.99. The van der Waals surface area contributed by atoms with Gasteiger partial charge in [0.25, 0.3) is 5.91 Å². The van der Waals surface area contributed by atoms with Crippen LogP contribution in [0.1, 0.15) is 31.2 Å². The van der Waals surface area contributed by atoms with Crippen LogP contribution >= 0.6 is 33.9 Å². The summed E-state index contributed by atoms with van der Waals surface area (Å²) >= 11 is 3.40. The number of anilines is 1. The van der Waals surface area contributed by atoms with E-state index in [2.05, 4.69) is 27.9 Å². The highest BCUT2D eigenvalue weighted by Gasteiger charge is 2.22. The van der Waals surface area contributed by atoms with E-state index in [0.29, 0.717) is 16.1 Å². The number of nitrogens with one attached hydrogen (secondary N) is 1. The summed E-state index contributed by atoms with van der Waals surface area (Å²) in [5.74, 6) is -1.63. The topological polar surface area (TPSA) is 81.7 Å². The summed E-state index contributed by atoms with van der Waals surface area (Å²) in [4.78, 5) is 36.7. The van der Waals surface area contributed by atoms with Crippen molar-refractivity contribution in [3.63, 3.8) is 0 Å². The molecule has 1 heterocycles. The number of esters is 2. The fourth-order valence-corrected chi connectivity index (χ4v) is 3.45. The standard InChI is InChI=1S/C17H16INO5S/c1-9-10(2)25-15(14(9)17(22)23-3)19-13(20)8-24-16(21)11-4-6-12(18)7-5-11/h4-7H,8H2,1-3H3,(H,19,20). The first-order valence-corrected chi connectivity index (χ1v) is 9.13. The molecule has 0 fully saturated rings. The molecule has 0 radical (unpaired) electrons. The zero-order valence-corrected chi connectivity index (χ0v) is 16.8. The molecule has 1 aromatic heterocycles. The van der Waals surface area contributed by atoms with E-state index in [9.17, 15) is 14.4 Å². The van der Waals surface area contributed by atoms with Crippen LogP contribution in [0.5, 0.6) is 0 Å². The SMILES string of the molecule is COC(=O)c1c(NC(=O)COC(=O)c2ccc(I)cc2)sc(C)c1C. The average molecular weight is 473 g/mol. The number of methoxy groups -OCH3 is 1. The first-order valence-electron chi connectivity index (χ1n) is 7.24. The lowest BCUT2D eigenvalue weighted by Gasteiger charge is -2.07. The van der Waals surface area contributed by atoms with Gasteiger partial charge in [-0.1, -0.05) is 0 Å². The van der Waals surface area contributed by atoms with Gasteiger partial charge in [0.15, 0.2) is 6.61 Å². The molecule has 25 heavy (non-hydrogen) atoms. The van der Waals surface area contributed by atoms with Crippen LogP contribution in [0.4, 0.5) is 5.00 Å². The van der Waals surface area contributed by atoms with Gasteiger partial charge in [0, 0.05) is 8.45 Å². The maximum absolute atomic E-state index is 12.1. The number of rotatable bonds is 5. The van der Waals surface area contributed by atoms with Gasteiger partial charge in [0.2, 0.25) is 0 Å². The van der Waals surface area contributed by atoms with E-state index in [0.717, 1.165) is 14.0 Å². The van der Waals surface area contributed by atoms with Gasteiger partial charge in [-0.05, 0) is 66.3 Å². The highest BCUT2D eigenvalue weighted by molar-refractivity contribution is 14.1. The predicted molar refractivity (Wildman–Crippen MR) is 103 cm³/mol. The van der Waals surface area contributed by atoms with E-state index in [-0.39, 0.29) is 0 Å². The monoisotopic (exact) mass is 473 g/mol. The van der Waals surface area contributed by atoms with Gasteiger partial charge >= 0.3 is 11.9 Å². The second-order valence-electron chi connectivity index (χ2n) is 5.11. The Kier molecular flexibility index (Phi) is 6.54. The minimum atomic E-state index is -0.585. The van der Waals surface area contributed by atoms with Crippen LogP contribution in [-0.2, 0) is 14.3 Å². The van der Waals surface area contributed by atoms with Crippen molar-refractivity contribution in [1.29, 1.82) is 0 Å². The molecule has 0 aliphatic heterocycles. The van der Waals surface area contributed by atoms with Crippen molar-refractivity contribution in [3.8, 4) is 0 Å². The molecule has 0 saturated carbocycles. The number of aryl methyl sites for hydroxylation is 1.